The van der Waals surface area contributed by atoms with Crippen molar-refractivity contribution < 1.29 is 13.6 Å². The molecule has 5 heteroatoms. The highest BCUT2D eigenvalue weighted by molar-refractivity contribution is 7.07. The molecule has 0 saturated carbocycles. The molecule has 0 fully saturated rings. The van der Waals surface area contributed by atoms with E-state index >= 15 is 0 Å². The molecule has 2 rings (SSSR count). The third-order valence-electron chi connectivity index (χ3n) is 1.84. The van der Waals surface area contributed by atoms with Gasteiger partial charge in [-0.2, -0.15) is 0 Å². The molecule has 0 radical (unpaired) electrons. The predicted octanol–water partition coefficient (Wildman–Crippen LogP) is 2.65. The van der Waals surface area contributed by atoms with Crippen molar-refractivity contribution in [2.45, 2.75) is 0 Å². The van der Waals surface area contributed by atoms with E-state index in [1.54, 1.807) is 0 Å². The molecular formula is C10H5F2NOS. The molecular weight excluding hydrogens is 220 g/mol. The van der Waals surface area contributed by atoms with Crippen molar-refractivity contribution in [3.05, 3.63) is 52.0 Å². The lowest BCUT2D eigenvalue weighted by Gasteiger charge is -1.99. The number of halogens is 2. The first-order valence-corrected chi connectivity index (χ1v) is 5.00. The number of hydrogen-bond donors (Lipinski definition) is 0. The summed E-state index contributed by atoms with van der Waals surface area (Å²) >= 11 is 1.22. The molecule has 76 valence electrons. The van der Waals surface area contributed by atoms with Crippen LogP contribution in [0.4, 0.5) is 8.78 Å². The fraction of sp³-hybridized carbons (Fsp3) is 0. The van der Waals surface area contributed by atoms with Gasteiger partial charge in [-0.05, 0) is 18.2 Å². The van der Waals surface area contributed by atoms with E-state index in [4.69, 9.17) is 0 Å². The van der Waals surface area contributed by atoms with Crippen molar-refractivity contribution in [3.63, 3.8) is 0 Å². The van der Waals surface area contributed by atoms with E-state index in [1.165, 1.54) is 22.2 Å². The molecule has 0 aliphatic carbocycles. The van der Waals surface area contributed by atoms with E-state index in [9.17, 15) is 13.6 Å². The van der Waals surface area contributed by atoms with Crippen molar-refractivity contribution in [3.8, 4) is 0 Å². The van der Waals surface area contributed by atoms with Gasteiger partial charge in [-0.25, -0.2) is 13.8 Å². The molecule has 0 N–H and O–H groups in total. The molecule has 0 atom stereocenters. The average molecular weight is 225 g/mol. The van der Waals surface area contributed by atoms with Gasteiger partial charge >= 0.3 is 0 Å². The lowest BCUT2D eigenvalue weighted by atomic mass is 10.1. The van der Waals surface area contributed by atoms with Crippen LogP contribution in [0, 0.1) is 11.6 Å². The normalized spacial score (nSPS) is 10.3. The minimum atomic E-state index is -0.741. The first kappa shape index (κ1) is 9.92. The maximum atomic E-state index is 13.2. The zero-order chi connectivity index (χ0) is 10.8. The summed E-state index contributed by atoms with van der Waals surface area (Å²) in [6.07, 6.45) is 0. The lowest BCUT2D eigenvalue weighted by Crippen LogP contribution is -2.05. The van der Waals surface area contributed by atoms with Gasteiger partial charge in [-0.3, -0.25) is 4.79 Å². The fourth-order valence-electron chi connectivity index (χ4n) is 1.13. The van der Waals surface area contributed by atoms with Crippen LogP contribution in [0.2, 0.25) is 0 Å². The third kappa shape index (κ3) is 1.92. The molecule has 0 saturated heterocycles. The van der Waals surface area contributed by atoms with Crippen molar-refractivity contribution in [1.29, 1.82) is 0 Å². The van der Waals surface area contributed by atoms with Gasteiger partial charge in [0.1, 0.15) is 17.3 Å². The minimum Gasteiger partial charge on any atom is -0.287 e. The van der Waals surface area contributed by atoms with Crippen LogP contribution in [-0.2, 0) is 0 Å². The molecule has 0 aliphatic heterocycles. The Labute approximate surface area is 88.2 Å². The van der Waals surface area contributed by atoms with E-state index in [2.05, 4.69) is 4.98 Å². The summed E-state index contributed by atoms with van der Waals surface area (Å²) in [5.41, 5.74) is 1.30. The first-order valence-electron chi connectivity index (χ1n) is 4.06. The number of aromatic nitrogens is 1. The van der Waals surface area contributed by atoms with Crippen molar-refractivity contribution in [2.24, 2.45) is 0 Å². The molecule has 0 unspecified atom stereocenters. The van der Waals surface area contributed by atoms with Gasteiger partial charge in [0.2, 0.25) is 5.78 Å². The van der Waals surface area contributed by atoms with Crippen LogP contribution in [0.15, 0.2) is 29.1 Å². The Bertz CT molecular complexity index is 496. The largest absolute Gasteiger partial charge is 0.287 e. The molecule has 15 heavy (non-hydrogen) atoms. The molecule has 1 aromatic heterocycles. The summed E-state index contributed by atoms with van der Waals surface area (Å²) in [5, 5.41) is 1.49. The Morgan fingerprint density at radius 3 is 2.80 bits per heavy atom. The van der Waals surface area contributed by atoms with Gasteiger partial charge in [-0.1, -0.05) is 0 Å². The molecule has 2 aromatic rings. The molecule has 0 aliphatic rings. The standard InChI is InChI=1S/C10H5F2NOS/c11-6-1-2-8(12)7(3-6)10(14)9-4-15-5-13-9/h1-5H. The molecule has 1 aromatic carbocycles. The highest BCUT2D eigenvalue weighted by Crippen LogP contribution is 2.14. The zero-order valence-electron chi connectivity index (χ0n) is 7.41. The molecule has 0 bridgehead atoms. The van der Waals surface area contributed by atoms with Crippen LogP contribution in [-0.4, -0.2) is 10.8 Å². The average Bonchev–Trinajstić information content (AvgIpc) is 2.74. The number of hydrogen-bond acceptors (Lipinski definition) is 3. The molecule has 1 heterocycles. The van der Waals surface area contributed by atoms with Crippen LogP contribution >= 0.6 is 11.3 Å². The Kier molecular flexibility index (Phi) is 2.55. The topological polar surface area (TPSA) is 30.0 Å². The van der Waals surface area contributed by atoms with Gasteiger partial charge < -0.3 is 0 Å². The minimum absolute atomic E-state index is 0.129. The van der Waals surface area contributed by atoms with E-state index < -0.39 is 17.4 Å². The number of thiazole rings is 1. The van der Waals surface area contributed by atoms with Gasteiger partial charge in [0.25, 0.3) is 0 Å². The second kappa shape index (κ2) is 3.86. The molecule has 2 nitrogen and oxygen atoms in total. The summed E-state index contributed by atoms with van der Waals surface area (Å²) in [6, 6.07) is 2.76. The summed E-state index contributed by atoms with van der Waals surface area (Å²) in [6.45, 7) is 0. The third-order valence-corrected chi connectivity index (χ3v) is 2.42. The van der Waals surface area contributed by atoms with Crippen LogP contribution < -0.4 is 0 Å². The highest BCUT2D eigenvalue weighted by Gasteiger charge is 2.16. The van der Waals surface area contributed by atoms with Gasteiger partial charge in [-0.15, -0.1) is 11.3 Å². The van der Waals surface area contributed by atoms with E-state index in [0.717, 1.165) is 18.2 Å². The highest BCUT2D eigenvalue weighted by atomic mass is 32.1. The smallest absolute Gasteiger partial charge is 0.215 e. The lowest BCUT2D eigenvalue weighted by molar-refractivity contribution is 0.103. The number of benzene rings is 1. The number of nitrogens with zero attached hydrogens (tertiary/aromatic N) is 1. The van der Waals surface area contributed by atoms with Crippen LogP contribution in [0.1, 0.15) is 16.1 Å². The first-order chi connectivity index (χ1) is 7.18. The maximum Gasteiger partial charge on any atom is 0.215 e. The summed E-state index contributed by atoms with van der Waals surface area (Å²) in [7, 11) is 0. The molecule has 0 amide bonds. The number of carbonyl (C=O) groups is 1. The Hall–Kier alpha value is -1.62. The van der Waals surface area contributed by atoms with Crippen LogP contribution in [0.5, 0.6) is 0 Å². The van der Waals surface area contributed by atoms with E-state index in [1.807, 2.05) is 0 Å². The Morgan fingerprint density at radius 1 is 1.33 bits per heavy atom. The summed E-state index contributed by atoms with van der Waals surface area (Å²) in [4.78, 5) is 15.4. The second-order valence-corrected chi connectivity index (χ2v) is 3.55. The number of rotatable bonds is 2. The maximum absolute atomic E-state index is 13.2. The number of ketones is 1. The Morgan fingerprint density at radius 2 is 2.13 bits per heavy atom. The SMILES string of the molecule is O=C(c1cscn1)c1cc(F)ccc1F. The second-order valence-electron chi connectivity index (χ2n) is 2.83. The van der Waals surface area contributed by atoms with Crippen LogP contribution in [0.3, 0.4) is 0 Å². The predicted molar refractivity (Wildman–Crippen MR) is 51.9 cm³/mol. The van der Waals surface area contributed by atoms with E-state index in [-0.39, 0.29) is 11.3 Å². The van der Waals surface area contributed by atoms with Crippen molar-refractivity contribution >= 4 is 17.1 Å². The fourth-order valence-corrected chi connectivity index (χ4v) is 1.67. The van der Waals surface area contributed by atoms with Crippen molar-refractivity contribution in [1.82, 2.24) is 4.98 Å². The van der Waals surface area contributed by atoms with Gasteiger partial charge in [0, 0.05) is 5.38 Å². The monoisotopic (exact) mass is 225 g/mol. The molecule has 0 spiro atoms. The van der Waals surface area contributed by atoms with E-state index in [0.29, 0.717) is 0 Å². The quantitative estimate of drug-likeness (QED) is 0.735. The summed E-state index contributed by atoms with van der Waals surface area (Å²) in [5.74, 6) is -1.99. The van der Waals surface area contributed by atoms with Crippen molar-refractivity contribution in [2.75, 3.05) is 0 Å². The van der Waals surface area contributed by atoms with Gasteiger partial charge in [0.05, 0.1) is 11.1 Å². The van der Waals surface area contributed by atoms with Gasteiger partial charge in [0.15, 0.2) is 0 Å². The number of carbonyl (C=O) groups excluding carboxylic acids is 1. The zero-order valence-corrected chi connectivity index (χ0v) is 8.22. The van der Waals surface area contributed by atoms with Crippen LogP contribution in [0.25, 0.3) is 0 Å². The summed E-state index contributed by atoms with van der Waals surface area (Å²) < 4.78 is 26.0. The Balaban J connectivity index is 2.46.